The van der Waals surface area contributed by atoms with Crippen LogP contribution in [-0.4, -0.2) is 153 Å². The number of nitrogens with one attached hydrogen (secondary N) is 2. The number of benzene rings is 1. The quantitative estimate of drug-likeness (QED) is 0.0935. The van der Waals surface area contributed by atoms with Gasteiger partial charge in [0.2, 0.25) is 23.6 Å². The molecule has 3 N–H and O–H groups in total. The van der Waals surface area contributed by atoms with Crippen LogP contribution in [0.4, 0.5) is 10.5 Å². The van der Waals surface area contributed by atoms with Crippen molar-refractivity contribution < 1.29 is 67.0 Å². The Morgan fingerprint density at radius 1 is 1.12 bits per heavy atom. The Bertz CT molecular complexity index is 1970. The SMILES string of the molecule is CCNC(=O)CCN1C(=O)CC(SCCOCCO[C@@H](C)C(=O)O[C@H]2CC(=O)N(C)c3cc(cc(OC)c3Cl)C/C(C)=C/C=C/[C@@H](OC)[C@@]3(O)CC(OC(=O)N3)[C@@H](C)[C@@H]3O[C@@]23C)C1=O. The monoisotopic (exact) mass is 936 g/mol. The van der Waals surface area contributed by atoms with Crippen LogP contribution in [0.3, 0.4) is 0 Å². The number of epoxide rings is 1. The number of methoxy groups -OCH3 is 2. The van der Waals surface area contributed by atoms with E-state index in [4.69, 9.17) is 44.8 Å². The molecule has 20 heteroatoms. The van der Waals surface area contributed by atoms with E-state index in [0.29, 0.717) is 30.2 Å². The van der Waals surface area contributed by atoms with Crippen LogP contribution in [0.2, 0.25) is 5.02 Å². The third-order valence-corrected chi connectivity index (χ3v) is 13.4. The van der Waals surface area contributed by atoms with E-state index >= 15 is 0 Å². The maximum Gasteiger partial charge on any atom is 0.409 e. The smallest absolute Gasteiger partial charge is 0.409 e. The number of amides is 5. The number of halogens is 1. The summed E-state index contributed by atoms with van der Waals surface area (Å²) in [6.45, 7) is 9.60. The van der Waals surface area contributed by atoms with Crippen molar-refractivity contribution in [1.82, 2.24) is 15.5 Å². The number of thioether (sulfide) groups is 1. The summed E-state index contributed by atoms with van der Waals surface area (Å²) < 4.78 is 40.6. The summed E-state index contributed by atoms with van der Waals surface area (Å²) in [5.41, 5.74) is -1.00. The summed E-state index contributed by atoms with van der Waals surface area (Å²) in [6.07, 6.45) is -0.209. The number of rotatable bonds is 16. The Hall–Kier alpha value is -4.24. The topological polar surface area (TPSA) is 221 Å². The lowest BCUT2D eigenvalue weighted by molar-refractivity contribution is -0.166. The Morgan fingerprint density at radius 2 is 1.88 bits per heavy atom. The van der Waals surface area contributed by atoms with Gasteiger partial charge < -0.3 is 48.5 Å². The first kappa shape index (κ1) is 50.8. The highest BCUT2D eigenvalue weighted by Gasteiger charge is 2.64. The number of aliphatic hydroxyl groups is 1. The zero-order valence-electron chi connectivity index (χ0n) is 37.6. The van der Waals surface area contributed by atoms with E-state index in [1.54, 1.807) is 52.1 Å². The van der Waals surface area contributed by atoms with Gasteiger partial charge in [-0.2, -0.15) is 0 Å². The van der Waals surface area contributed by atoms with Crippen LogP contribution in [0.15, 0.2) is 35.9 Å². The lowest BCUT2D eigenvalue weighted by Crippen LogP contribution is -2.63. The van der Waals surface area contributed by atoms with Crippen LogP contribution in [0.25, 0.3) is 0 Å². The fraction of sp³-hybridized carbons (Fsp3) is 0.636. The first-order valence-electron chi connectivity index (χ1n) is 21.4. The Labute approximate surface area is 383 Å². The molecule has 64 heavy (non-hydrogen) atoms. The molecule has 4 bridgehead atoms. The largest absolute Gasteiger partial charge is 0.495 e. The zero-order valence-corrected chi connectivity index (χ0v) is 39.2. The van der Waals surface area contributed by atoms with Gasteiger partial charge in [0.15, 0.2) is 11.8 Å². The molecule has 1 aromatic carbocycles. The number of allylic oxidation sites excluding steroid dienone is 3. The number of likely N-dealkylation sites (tertiary alicyclic amines) is 1. The van der Waals surface area contributed by atoms with Gasteiger partial charge >= 0.3 is 12.1 Å². The van der Waals surface area contributed by atoms with Gasteiger partial charge in [0.1, 0.15) is 34.7 Å². The Kier molecular flexibility index (Phi) is 17.7. The summed E-state index contributed by atoms with van der Waals surface area (Å²) in [7, 11) is 4.47. The van der Waals surface area contributed by atoms with Crippen molar-refractivity contribution >= 4 is 64.7 Å². The number of nitrogens with zero attached hydrogens (tertiary/aromatic N) is 2. The van der Waals surface area contributed by atoms with Crippen molar-refractivity contribution in [3.8, 4) is 5.75 Å². The molecule has 5 amide bonds. The molecule has 0 spiro atoms. The number of hydrogen-bond donors (Lipinski definition) is 3. The van der Waals surface area contributed by atoms with Gasteiger partial charge in [-0.15, -0.1) is 11.8 Å². The molecular formula is C44H61ClN4O14S. The Balaban J connectivity index is 1.25. The molecule has 3 fully saturated rings. The molecule has 0 radical (unpaired) electrons. The van der Waals surface area contributed by atoms with Gasteiger partial charge in [-0.05, 0) is 51.8 Å². The van der Waals surface area contributed by atoms with Crippen molar-refractivity contribution in [2.75, 3.05) is 64.8 Å². The average Bonchev–Trinajstić information content (AvgIpc) is 3.87. The second-order valence-corrected chi connectivity index (χ2v) is 18.2. The molecule has 4 aliphatic rings. The van der Waals surface area contributed by atoms with E-state index in [1.165, 1.54) is 37.8 Å². The molecule has 3 saturated heterocycles. The van der Waals surface area contributed by atoms with E-state index in [9.17, 15) is 33.9 Å². The van der Waals surface area contributed by atoms with E-state index < -0.39 is 71.0 Å². The van der Waals surface area contributed by atoms with Crippen molar-refractivity contribution in [3.63, 3.8) is 0 Å². The van der Waals surface area contributed by atoms with Crippen molar-refractivity contribution in [3.05, 3.63) is 46.5 Å². The Morgan fingerprint density at radius 3 is 2.58 bits per heavy atom. The van der Waals surface area contributed by atoms with Gasteiger partial charge in [0, 0.05) is 58.2 Å². The van der Waals surface area contributed by atoms with Crippen molar-refractivity contribution in [1.29, 1.82) is 0 Å². The number of esters is 1. The van der Waals surface area contributed by atoms with E-state index in [0.717, 1.165) is 16.0 Å². The van der Waals surface area contributed by atoms with Gasteiger partial charge in [-0.25, -0.2) is 9.59 Å². The molecule has 0 aromatic heterocycles. The number of anilines is 1. The first-order chi connectivity index (χ1) is 30.3. The number of alkyl carbamates (subject to hydrolysis) is 1. The minimum absolute atomic E-state index is 0.0160. The standard InChI is InChI=1S/C44H61ClN4O14S/c1-9-46-35(50)13-14-49-37(52)22-32(40(49)53)64-18-17-59-15-16-60-27(4)41(54)62-34-23-36(51)48(6)29-20-28(21-30(57-7)38(29)45)19-25(2)11-10-12-33(58-8)44(56)24-31(61-42(55)47-44)26(3)39-43(34,5)63-39/h10-12,20-21,26-27,31-34,39,56H,9,13-19,22-24H2,1-8H3,(H,46,50)(H,47,55)/b12-10+,25-11+/t26-,27+,31?,32?,33-,34+,39+,43+,44+/m1/s1. The highest BCUT2D eigenvalue weighted by Crippen LogP contribution is 2.49. The molecule has 0 saturated carbocycles. The third-order valence-electron chi connectivity index (χ3n) is 11.8. The molecule has 1 aromatic rings. The maximum absolute atomic E-state index is 14.2. The lowest BCUT2D eigenvalue weighted by atomic mass is 9.83. The molecule has 354 valence electrons. The highest BCUT2D eigenvalue weighted by atomic mass is 35.5. The molecule has 5 rings (SSSR count). The molecular weight excluding hydrogens is 876 g/mol. The van der Waals surface area contributed by atoms with Crippen LogP contribution < -0.4 is 20.3 Å². The zero-order chi connectivity index (χ0) is 46.9. The number of carbonyl (C=O) groups is 6. The van der Waals surface area contributed by atoms with Crippen molar-refractivity contribution in [2.45, 2.75) is 114 Å². The minimum Gasteiger partial charge on any atom is -0.495 e. The fourth-order valence-corrected chi connectivity index (χ4v) is 9.40. The third kappa shape index (κ3) is 12.3. The summed E-state index contributed by atoms with van der Waals surface area (Å²) in [5.74, 6) is -1.84. The van der Waals surface area contributed by atoms with E-state index in [2.05, 4.69) is 10.6 Å². The van der Waals surface area contributed by atoms with E-state index in [-0.39, 0.29) is 74.8 Å². The molecule has 4 heterocycles. The first-order valence-corrected chi connectivity index (χ1v) is 22.8. The van der Waals surface area contributed by atoms with Gasteiger partial charge in [-0.1, -0.05) is 42.3 Å². The second kappa shape index (κ2) is 22.3. The van der Waals surface area contributed by atoms with Crippen LogP contribution in [0.5, 0.6) is 5.75 Å². The summed E-state index contributed by atoms with van der Waals surface area (Å²) in [6, 6.07) is 3.57. The number of carbonyl (C=O) groups excluding carboxylic acids is 6. The normalized spacial score (nSPS) is 30.4. The minimum atomic E-state index is -1.85. The maximum atomic E-state index is 14.2. The summed E-state index contributed by atoms with van der Waals surface area (Å²) >= 11 is 8.07. The average molecular weight is 938 g/mol. The van der Waals surface area contributed by atoms with Crippen LogP contribution in [-0.2, 0) is 58.8 Å². The number of ether oxygens (including phenoxy) is 7. The lowest BCUT2D eigenvalue weighted by Gasteiger charge is -2.42. The molecule has 9 atom stereocenters. The summed E-state index contributed by atoms with van der Waals surface area (Å²) in [5, 5.41) is 16.6. The highest BCUT2D eigenvalue weighted by molar-refractivity contribution is 8.00. The van der Waals surface area contributed by atoms with Gasteiger partial charge in [0.05, 0.1) is 50.4 Å². The van der Waals surface area contributed by atoms with Crippen LogP contribution in [0, 0.1) is 5.92 Å². The fourth-order valence-electron chi connectivity index (χ4n) is 8.06. The van der Waals surface area contributed by atoms with Gasteiger partial charge in [0.25, 0.3) is 0 Å². The predicted molar refractivity (Wildman–Crippen MR) is 236 cm³/mol. The van der Waals surface area contributed by atoms with Crippen molar-refractivity contribution in [2.24, 2.45) is 5.92 Å². The molecule has 0 aliphatic carbocycles. The number of imide groups is 1. The van der Waals surface area contributed by atoms with Crippen LogP contribution in [0.1, 0.15) is 65.9 Å². The number of hydrogen-bond acceptors (Lipinski definition) is 15. The predicted octanol–water partition coefficient (Wildman–Crippen LogP) is 3.48. The summed E-state index contributed by atoms with van der Waals surface area (Å²) in [4.78, 5) is 80.2. The second-order valence-electron chi connectivity index (χ2n) is 16.5. The molecule has 2 unspecified atom stereocenters. The van der Waals surface area contributed by atoms with Gasteiger partial charge in [-0.3, -0.25) is 29.4 Å². The molecule has 4 aliphatic heterocycles. The number of fused-ring (bicyclic) bond motifs is 5. The van der Waals surface area contributed by atoms with Crippen LogP contribution >= 0.6 is 23.4 Å². The van der Waals surface area contributed by atoms with E-state index in [1.807, 2.05) is 13.0 Å². The molecule has 18 nitrogen and oxygen atoms in total.